The maximum atomic E-state index is 11.4. The first kappa shape index (κ1) is 18.3. The lowest BCUT2D eigenvalue weighted by molar-refractivity contribution is -0.140. The molecule has 0 amide bonds. The number of hydrogen-bond acceptors (Lipinski definition) is 2. The molecule has 0 radical (unpaired) electrons. The smallest absolute Gasteiger partial charge is 0.307 e. The molecule has 0 saturated carbocycles. The van der Waals surface area contributed by atoms with Gasteiger partial charge in [-0.1, -0.05) is 97.9 Å². The molecule has 0 bridgehead atoms. The fourth-order valence-electron chi connectivity index (χ4n) is 3.09. The predicted octanol–water partition coefficient (Wildman–Crippen LogP) is 5.43. The van der Waals surface area contributed by atoms with E-state index in [4.69, 9.17) is 0 Å². The van der Waals surface area contributed by atoms with Crippen LogP contribution in [0.4, 0.5) is 0 Å². The van der Waals surface area contributed by atoms with Gasteiger partial charge in [0.15, 0.2) is 0 Å². The second kappa shape index (κ2) is 8.24. The maximum Gasteiger partial charge on any atom is 0.307 e. The summed E-state index contributed by atoms with van der Waals surface area (Å²) < 4.78 is -0.451. The van der Waals surface area contributed by atoms with E-state index in [0.717, 1.165) is 16.7 Å². The molecule has 26 heavy (non-hydrogen) atoms. The van der Waals surface area contributed by atoms with E-state index in [0.29, 0.717) is 5.75 Å². The molecule has 132 valence electrons. The van der Waals surface area contributed by atoms with Crippen molar-refractivity contribution in [3.8, 4) is 0 Å². The molecule has 2 nitrogen and oxygen atoms in total. The fraction of sp³-hybridized carbons (Fsp3) is 0.174. The first-order chi connectivity index (χ1) is 12.6. The highest BCUT2D eigenvalue weighted by molar-refractivity contribution is 8.00. The van der Waals surface area contributed by atoms with Gasteiger partial charge >= 0.3 is 5.97 Å². The third kappa shape index (κ3) is 3.68. The molecular weight excluding hydrogens is 340 g/mol. The zero-order valence-electron chi connectivity index (χ0n) is 14.7. The summed E-state index contributed by atoms with van der Waals surface area (Å²) in [5.41, 5.74) is 3.46. The third-order valence-corrected chi connectivity index (χ3v) is 6.32. The molecule has 1 atom stereocenters. The first-order valence-electron chi connectivity index (χ1n) is 8.68. The summed E-state index contributed by atoms with van der Waals surface area (Å²) in [6.45, 7) is 1.76. The van der Waals surface area contributed by atoms with Crippen LogP contribution in [0.3, 0.4) is 0 Å². The molecule has 0 fully saturated rings. The Morgan fingerprint density at radius 1 is 0.808 bits per heavy atom. The van der Waals surface area contributed by atoms with Crippen molar-refractivity contribution in [2.45, 2.75) is 11.7 Å². The van der Waals surface area contributed by atoms with Crippen molar-refractivity contribution in [2.75, 3.05) is 5.75 Å². The summed E-state index contributed by atoms with van der Waals surface area (Å²) in [5.74, 6) is -0.662. The topological polar surface area (TPSA) is 37.3 Å². The molecule has 0 aliphatic rings. The average Bonchev–Trinajstić information content (AvgIpc) is 2.70. The summed E-state index contributed by atoms with van der Waals surface area (Å²) in [5, 5.41) is 9.38. The van der Waals surface area contributed by atoms with Crippen molar-refractivity contribution in [3.63, 3.8) is 0 Å². The quantitative estimate of drug-likeness (QED) is 0.569. The van der Waals surface area contributed by atoms with Gasteiger partial charge < -0.3 is 5.11 Å². The normalized spacial score (nSPS) is 12.5. The lowest BCUT2D eigenvalue weighted by Crippen LogP contribution is -2.28. The minimum atomic E-state index is -0.763. The van der Waals surface area contributed by atoms with Crippen LogP contribution in [0.5, 0.6) is 0 Å². The molecule has 0 aliphatic heterocycles. The van der Waals surface area contributed by atoms with Crippen LogP contribution in [0.15, 0.2) is 91.0 Å². The number of carboxylic acid groups (broad SMARTS) is 1. The lowest BCUT2D eigenvalue weighted by Gasteiger charge is -2.36. The SMILES string of the molecule is C[C@@H](CSC(c1ccccc1)(c1ccccc1)c1ccccc1)C(=O)O. The molecule has 3 rings (SSSR count). The largest absolute Gasteiger partial charge is 0.481 e. The highest BCUT2D eigenvalue weighted by atomic mass is 32.2. The van der Waals surface area contributed by atoms with Crippen molar-refractivity contribution in [1.29, 1.82) is 0 Å². The Morgan fingerprint density at radius 2 is 1.15 bits per heavy atom. The molecular formula is C23H22O2S. The molecule has 0 saturated heterocycles. The number of carboxylic acids is 1. The lowest BCUT2D eigenvalue weighted by atomic mass is 9.84. The Labute approximate surface area is 158 Å². The van der Waals surface area contributed by atoms with Crippen LogP contribution in [0.1, 0.15) is 23.6 Å². The van der Waals surface area contributed by atoms with Crippen LogP contribution in [0.25, 0.3) is 0 Å². The summed E-state index contributed by atoms with van der Waals surface area (Å²) in [7, 11) is 0. The molecule has 0 spiro atoms. The van der Waals surface area contributed by atoms with E-state index in [1.807, 2.05) is 54.6 Å². The van der Waals surface area contributed by atoms with E-state index >= 15 is 0 Å². The minimum absolute atomic E-state index is 0.421. The summed E-state index contributed by atoms with van der Waals surface area (Å²) in [4.78, 5) is 11.4. The molecule has 0 heterocycles. The Bertz CT molecular complexity index is 735. The van der Waals surface area contributed by atoms with Gasteiger partial charge in [0.2, 0.25) is 0 Å². The van der Waals surface area contributed by atoms with Gasteiger partial charge in [-0.05, 0) is 16.7 Å². The van der Waals surface area contributed by atoms with Crippen molar-refractivity contribution in [1.82, 2.24) is 0 Å². The van der Waals surface area contributed by atoms with E-state index in [-0.39, 0.29) is 0 Å². The molecule has 3 aromatic rings. The molecule has 1 N–H and O–H groups in total. The third-order valence-electron chi connectivity index (χ3n) is 4.51. The van der Waals surface area contributed by atoms with Gasteiger partial charge in [-0.2, -0.15) is 0 Å². The van der Waals surface area contributed by atoms with E-state index in [2.05, 4.69) is 36.4 Å². The van der Waals surface area contributed by atoms with Gasteiger partial charge in [-0.25, -0.2) is 0 Å². The summed E-state index contributed by atoms with van der Waals surface area (Å²) >= 11 is 1.68. The van der Waals surface area contributed by atoms with E-state index in [1.165, 1.54) is 0 Å². The Morgan fingerprint density at radius 3 is 1.46 bits per heavy atom. The molecule has 3 heteroatoms. The first-order valence-corrected chi connectivity index (χ1v) is 9.66. The van der Waals surface area contributed by atoms with Crippen LogP contribution in [0.2, 0.25) is 0 Å². The second-order valence-electron chi connectivity index (χ2n) is 6.33. The number of aliphatic carboxylic acids is 1. The van der Waals surface area contributed by atoms with Gasteiger partial charge in [0.05, 0.1) is 10.7 Å². The van der Waals surface area contributed by atoms with Crippen LogP contribution < -0.4 is 0 Å². The van der Waals surface area contributed by atoms with E-state index in [9.17, 15) is 9.90 Å². The van der Waals surface area contributed by atoms with Gasteiger partial charge in [-0.3, -0.25) is 4.79 Å². The molecule has 3 aromatic carbocycles. The van der Waals surface area contributed by atoms with Gasteiger partial charge in [0, 0.05) is 5.75 Å². The average molecular weight is 362 g/mol. The van der Waals surface area contributed by atoms with Gasteiger partial charge in [-0.15, -0.1) is 11.8 Å². The van der Waals surface area contributed by atoms with Crippen LogP contribution in [-0.4, -0.2) is 16.8 Å². The summed E-state index contributed by atoms with van der Waals surface area (Å²) in [6, 6.07) is 31.0. The number of benzene rings is 3. The molecule has 0 unspecified atom stereocenters. The van der Waals surface area contributed by atoms with Crippen LogP contribution in [0, 0.1) is 5.92 Å². The predicted molar refractivity (Wildman–Crippen MR) is 108 cm³/mol. The van der Waals surface area contributed by atoms with Gasteiger partial charge in [0.1, 0.15) is 0 Å². The molecule has 0 aliphatic carbocycles. The highest BCUT2D eigenvalue weighted by Gasteiger charge is 2.37. The molecule has 0 aromatic heterocycles. The monoisotopic (exact) mass is 362 g/mol. The van der Waals surface area contributed by atoms with Crippen LogP contribution in [-0.2, 0) is 9.54 Å². The number of hydrogen-bond donors (Lipinski definition) is 1. The standard InChI is InChI=1S/C23H22O2S/c1-18(22(24)25)17-26-23(19-11-5-2-6-12-19,20-13-7-3-8-14-20)21-15-9-4-10-16-21/h2-16,18H,17H2,1H3,(H,24,25)/t18-/m0/s1. The van der Waals surface area contributed by atoms with Crippen molar-refractivity contribution >= 4 is 17.7 Å². The fourth-order valence-corrected chi connectivity index (χ4v) is 4.64. The number of carbonyl (C=O) groups is 1. The minimum Gasteiger partial charge on any atom is -0.481 e. The number of thioether (sulfide) groups is 1. The summed E-state index contributed by atoms with van der Waals surface area (Å²) in [6.07, 6.45) is 0. The number of rotatable bonds is 7. The van der Waals surface area contributed by atoms with E-state index in [1.54, 1.807) is 18.7 Å². The van der Waals surface area contributed by atoms with Crippen LogP contribution >= 0.6 is 11.8 Å². The zero-order valence-corrected chi connectivity index (χ0v) is 15.5. The maximum absolute atomic E-state index is 11.4. The van der Waals surface area contributed by atoms with Crippen molar-refractivity contribution in [2.24, 2.45) is 5.92 Å². The van der Waals surface area contributed by atoms with Gasteiger partial charge in [0.25, 0.3) is 0 Å². The Hall–Kier alpha value is -2.52. The second-order valence-corrected chi connectivity index (χ2v) is 7.56. The van der Waals surface area contributed by atoms with Crippen molar-refractivity contribution in [3.05, 3.63) is 108 Å². The Kier molecular flexibility index (Phi) is 5.79. The Balaban J connectivity index is 2.19. The van der Waals surface area contributed by atoms with E-state index < -0.39 is 16.6 Å². The zero-order chi connectivity index (χ0) is 18.4. The highest BCUT2D eigenvalue weighted by Crippen LogP contribution is 2.48. The van der Waals surface area contributed by atoms with Crippen molar-refractivity contribution < 1.29 is 9.90 Å².